The molecule has 0 N–H and O–H groups in total. The van der Waals surface area contributed by atoms with E-state index in [0.717, 1.165) is 17.1 Å². The summed E-state index contributed by atoms with van der Waals surface area (Å²) < 4.78 is 16.0. The lowest BCUT2D eigenvalue weighted by Gasteiger charge is -2.11. The Morgan fingerprint density at radius 3 is 2.42 bits per heavy atom. The van der Waals surface area contributed by atoms with Gasteiger partial charge in [0.1, 0.15) is 11.5 Å². The first kappa shape index (κ1) is 13.8. The van der Waals surface area contributed by atoms with Gasteiger partial charge in [0.05, 0.1) is 19.6 Å². The Bertz CT molecular complexity index is 548. The minimum absolute atomic E-state index is 0.188. The van der Waals surface area contributed by atoms with Gasteiger partial charge in [0.25, 0.3) is 0 Å². The van der Waals surface area contributed by atoms with E-state index < -0.39 is 0 Å². The second kappa shape index (κ2) is 6.02. The first-order chi connectivity index (χ1) is 9.13. The zero-order valence-corrected chi connectivity index (χ0v) is 12.0. The fourth-order valence-electron chi connectivity index (χ4n) is 1.94. The molecule has 1 aromatic carbocycles. The molecule has 0 fully saturated rings. The number of ether oxygens (including phenoxy) is 2. The molecule has 19 heavy (non-hydrogen) atoms. The number of halogens is 1. The maximum Gasteiger partial charge on any atom is 0.160 e. The Labute approximate surface area is 118 Å². The second-order valence-electron chi connectivity index (χ2n) is 4.31. The Hall–Kier alpha value is -1.61. The van der Waals surface area contributed by atoms with Gasteiger partial charge in [-0.15, -0.1) is 11.6 Å². The second-order valence-corrected chi connectivity index (χ2v) is 4.84. The quantitative estimate of drug-likeness (QED) is 0.772. The van der Waals surface area contributed by atoms with Gasteiger partial charge in [-0.25, -0.2) is 0 Å². The van der Waals surface area contributed by atoms with Crippen molar-refractivity contribution in [3.63, 3.8) is 0 Å². The summed E-state index contributed by atoms with van der Waals surface area (Å²) in [7, 11) is 3.24. The van der Waals surface area contributed by atoms with Crippen LogP contribution in [-0.2, 0) is 6.42 Å². The number of benzene rings is 1. The molecule has 0 spiro atoms. The highest BCUT2D eigenvalue weighted by Gasteiger charge is 2.14. The molecule has 1 atom stereocenters. The summed E-state index contributed by atoms with van der Waals surface area (Å²) in [5.41, 5.74) is 1.08. The third-order valence-corrected chi connectivity index (χ3v) is 3.30. The molecule has 0 amide bonds. The lowest BCUT2D eigenvalue weighted by Crippen LogP contribution is -1.97. The summed E-state index contributed by atoms with van der Waals surface area (Å²) in [6, 6.07) is 9.62. The molecular formula is C15H17ClO3. The molecule has 102 valence electrons. The van der Waals surface area contributed by atoms with Gasteiger partial charge >= 0.3 is 0 Å². The van der Waals surface area contributed by atoms with Crippen molar-refractivity contribution in [3.8, 4) is 11.5 Å². The SMILES string of the molecule is COc1ccc(CC(Cl)c2ccc(C)o2)cc1OC. The average Bonchev–Trinajstić information content (AvgIpc) is 2.85. The average molecular weight is 281 g/mol. The van der Waals surface area contributed by atoms with Crippen molar-refractivity contribution in [2.75, 3.05) is 14.2 Å². The van der Waals surface area contributed by atoms with E-state index in [1.54, 1.807) is 14.2 Å². The number of alkyl halides is 1. The van der Waals surface area contributed by atoms with Gasteiger partial charge < -0.3 is 13.9 Å². The van der Waals surface area contributed by atoms with Crippen molar-refractivity contribution in [3.05, 3.63) is 47.4 Å². The topological polar surface area (TPSA) is 31.6 Å². The van der Waals surface area contributed by atoms with Crippen LogP contribution in [0.3, 0.4) is 0 Å². The third-order valence-electron chi connectivity index (χ3n) is 2.93. The highest BCUT2D eigenvalue weighted by molar-refractivity contribution is 6.20. The number of furan rings is 1. The van der Waals surface area contributed by atoms with Crippen molar-refractivity contribution >= 4 is 11.6 Å². The van der Waals surface area contributed by atoms with Gasteiger partial charge in [-0.2, -0.15) is 0 Å². The number of methoxy groups -OCH3 is 2. The van der Waals surface area contributed by atoms with Crippen LogP contribution in [0, 0.1) is 6.92 Å². The van der Waals surface area contributed by atoms with Gasteiger partial charge in [-0.1, -0.05) is 6.07 Å². The van der Waals surface area contributed by atoms with Crippen LogP contribution in [0.15, 0.2) is 34.7 Å². The van der Waals surface area contributed by atoms with Crippen LogP contribution in [0.2, 0.25) is 0 Å². The molecule has 0 radical (unpaired) electrons. The van der Waals surface area contributed by atoms with Crippen LogP contribution in [0.5, 0.6) is 11.5 Å². The summed E-state index contributed by atoms with van der Waals surface area (Å²) in [6.45, 7) is 1.91. The number of hydrogen-bond acceptors (Lipinski definition) is 3. The summed E-state index contributed by atoms with van der Waals surface area (Å²) in [6.07, 6.45) is 0.675. The molecule has 2 aromatic rings. The van der Waals surface area contributed by atoms with Crippen molar-refractivity contribution in [2.45, 2.75) is 18.7 Å². The van der Waals surface area contributed by atoms with E-state index in [1.807, 2.05) is 37.3 Å². The summed E-state index contributed by atoms with van der Waals surface area (Å²) in [5.74, 6) is 3.08. The lowest BCUT2D eigenvalue weighted by molar-refractivity contribution is 0.354. The number of rotatable bonds is 5. The standard InChI is InChI=1S/C15H17ClO3/c1-10-4-6-13(19-10)12(16)8-11-5-7-14(17-2)15(9-11)18-3/h4-7,9,12H,8H2,1-3H3. The molecule has 1 aromatic heterocycles. The number of aryl methyl sites for hydroxylation is 1. The molecule has 0 aliphatic carbocycles. The normalized spacial score (nSPS) is 12.2. The van der Waals surface area contributed by atoms with Crippen molar-refractivity contribution in [1.29, 1.82) is 0 Å². The largest absolute Gasteiger partial charge is 0.493 e. The maximum atomic E-state index is 6.36. The minimum Gasteiger partial charge on any atom is -0.493 e. The number of hydrogen-bond donors (Lipinski definition) is 0. The van der Waals surface area contributed by atoms with Crippen molar-refractivity contribution < 1.29 is 13.9 Å². The van der Waals surface area contributed by atoms with E-state index in [4.69, 9.17) is 25.5 Å². The molecule has 0 aliphatic rings. The molecule has 0 bridgehead atoms. The molecule has 2 rings (SSSR count). The molecule has 0 saturated carbocycles. The zero-order chi connectivity index (χ0) is 13.8. The Morgan fingerprint density at radius 2 is 1.84 bits per heavy atom. The van der Waals surface area contributed by atoms with E-state index in [1.165, 1.54) is 0 Å². The predicted molar refractivity (Wildman–Crippen MR) is 75.3 cm³/mol. The van der Waals surface area contributed by atoms with Crippen LogP contribution in [0.25, 0.3) is 0 Å². The molecular weight excluding hydrogens is 264 g/mol. The van der Waals surface area contributed by atoms with E-state index >= 15 is 0 Å². The lowest BCUT2D eigenvalue weighted by atomic mass is 10.1. The monoisotopic (exact) mass is 280 g/mol. The highest BCUT2D eigenvalue weighted by atomic mass is 35.5. The molecule has 0 saturated heterocycles. The third kappa shape index (κ3) is 3.24. The zero-order valence-electron chi connectivity index (χ0n) is 11.3. The summed E-state index contributed by atoms with van der Waals surface area (Å²) in [5, 5.41) is -0.188. The van der Waals surface area contributed by atoms with Gasteiger partial charge in [-0.05, 0) is 43.2 Å². The van der Waals surface area contributed by atoms with E-state index in [9.17, 15) is 0 Å². The fraction of sp³-hybridized carbons (Fsp3) is 0.333. The Balaban J connectivity index is 2.14. The van der Waals surface area contributed by atoms with E-state index in [-0.39, 0.29) is 5.38 Å². The van der Waals surface area contributed by atoms with Crippen molar-refractivity contribution in [1.82, 2.24) is 0 Å². The van der Waals surface area contributed by atoms with Gasteiger partial charge in [0.15, 0.2) is 11.5 Å². The fourth-order valence-corrected chi connectivity index (χ4v) is 2.23. The minimum atomic E-state index is -0.188. The van der Waals surface area contributed by atoms with Crippen LogP contribution in [-0.4, -0.2) is 14.2 Å². The summed E-state index contributed by atoms with van der Waals surface area (Å²) in [4.78, 5) is 0. The van der Waals surface area contributed by atoms with Gasteiger partial charge in [-0.3, -0.25) is 0 Å². The first-order valence-electron chi connectivity index (χ1n) is 6.05. The molecule has 3 nitrogen and oxygen atoms in total. The van der Waals surface area contributed by atoms with Crippen LogP contribution < -0.4 is 9.47 Å². The van der Waals surface area contributed by atoms with Gasteiger partial charge in [0, 0.05) is 0 Å². The Kier molecular flexibility index (Phi) is 4.38. The molecule has 0 aliphatic heterocycles. The van der Waals surface area contributed by atoms with Crippen LogP contribution in [0.1, 0.15) is 22.5 Å². The Morgan fingerprint density at radius 1 is 1.11 bits per heavy atom. The predicted octanol–water partition coefficient (Wildman–Crippen LogP) is 4.13. The maximum absolute atomic E-state index is 6.36. The van der Waals surface area contributed by atoms with Crippen molar-refractivity contribution in [2.24, 2.45) is 0 Å². The smallest absolute Gasteiger partial charge is 0.160 e. The van der Waals surface area contributed by atoms with Gasteiger partial charge in [0.2, 0.25) is 0 Å². The summed E-state index contributed by atoms with van der Waals surface area (Å²) >= 11 is 6.36. The van der Waals surface area contributed by atoms with E-state index in [2.05, 4.69) is 0 Å². The molecule has 4 heteroatoms. The highest BCUT2D eigenvalue weighted by Crippen LogP contribution is 2.31. The van der Waals surface area contributed by atoms with Crippen LogP contribution in [0.4, 0.5) is 0 Å². The molecule has 1 unspecified atom stereocenters. The molecule has 1 heterocycles. The van der Waals surface area contributed by atoms with Crippen LogP contribution >= 0.6 is 11.6 Å². The first-order valence-corrected chi connectivity index (χ1v) is 6.49. The van der Waals surface area contributed by atoms with E-state index in [0.29, 0.717) is 17.9 Å².